The molecule has 0 aromatic rings. The lowest BCUT2D eigenvalue weighted by Gasteiger charge is -2.37. The maximum atomic E-state index is 11.4. The lowest BCUT2D eigenvalue weighted by molar-refractivity contribution is -0.0554. The zero-order valence-electron chi connectivity index (χ0n) is 10.2. The van der Waals surface area contributed by atoms with E-state index < -0.39 is 10.0 Å². The number of hydrogen-bond donors (Lipinski definition) is 1. The normalized spacial score (nSPS) is 27.7. The lowest BCUT2D eigenvalue weighted by Crippen LogP contribution is -2.45. The summed E-state index contributed by atoms with van der Waals surface area (Å²) in [4.78, 5) is 0. The summed E-state index contributed by atoms with van der Waals surface area (Å²) in [5.74, 6) is 0. The molecule has 1 saturated heterocycles. The van der Waals surface area contributed by atoms with Crippen molar-refractivity contribution >= 4 is 10.0 Å². The molecule has 0 amide bonds. The van der Waals surface area contributed by atoms with Crippen molar-refractivity contribution in [3.63, 3.8) is 0 Å². The average molecular weight is 247 g/mol. The van der Waals surface area contributed by atoms with Crippen LogP contribution in [0.2, 0.25) is 0 Å². The van der Waals surface area contributed by atoms with Crippen molar-refractivity contribution in [2.75, 3.05) is 6.61 Å². The first-order valence-electron chi connectivity index (χ1n) is 5.51. The highest BCUT2D eigenvalue weighted by Gasteiger charge is 2.32. The molecule has 0 aromatic heterocycles. The van der Waals surface area contributed by atoms with Crippen LogP contribution in [0.25, 0.3) is 0 Å². The smallest absolute Gasteiger partial charge is 0.233 e. The summed E-state index contributed by atoms with van der Waals surface area (Å²) in [5, 5.41) is 0.953. The maximum Gasteiger partial charge on any atom is 0.233 e. The number of rotatable bonds is 3. The molecule has 0 spiro atoms. The Morgan fingerprint density at radius 3 is 2.56 bits per heavy atom. The minimum atomic E-state index is -3.33. The van der Waals surface area contributed by atoms with E-state index >= 15 is 0 Å². The van der Waals surface area contributed by atoms with Gasteiger partial charge in [0, 0.05) is 18.1 Å². The summed E-state index contributed by atoms with van der Waals surface area (Å²) in [5.41, 5.74) is 0.0400. The fourth-order valence-corrected chi connectivity index (χ4v) is 2.56. The number of hydrogen-bond acceptors (Lipinski definition) is 3. The van der Waals surface area contributed by atoms with Gasteiger partial charge in [-0.25, -0.2) is 13.1 Å². The van der Waals surface area contributed by atoms with E-state index in [-0.39, 0.29) is 17.6 Å². The largest absolute Gasteiger partial charge is 0.378 e. The van der Waals surface area contributed by atoms with Gasteiger partial charge in [-0.3, -0.25) is 0 Å². The van der Waals surface area contributed by atoms with Crippen LogP contribution in [0.5, 0.6) is 0 Å². The predicted molar refractivity (Wildman–Crippen MR) is 64.5 cm³/mol. The third-order valence-corrected chi connectivity index (χ3v) is 3.90. The van der Waals surface area contributed by atoms with Crippen LogP contribution in [0.1, 0.15) is 33.6 Å². The molecule has 16 heavy (non-hydrogen) atoms. The average Bonchev–Trinajstić information content (AvgIpc) is 2.16. The van der Waals surface area contributed by atoms with Crippen molar-refractivity contribution in [3.8, 4) is 0 Å². The van der Waals surface area contributed by atoms with Crippen LogP contribution in [0.4, 0.5) is 0 Å². The summed E-state index contributed by atoms with van der Waals surface area (Å²) < 4.78 is 31.0. The Hall–Kier alpha value is -0.390. The molecule has 2 unspecified atom stereocenters. The standard InChI is InChI=1S/C11H21NO3S/c1-5-16(13,14)12-9-6-7-15-10(8-9)11(2,3)4/h5,9-10,12H,1,6-8H2,2-4H3. The number of nitrogens with one attached hydrogen (secondary N) is 1. The van der Waals surface area contributed by atoms with Gasteiger partial charge in [0.2, 0.25) is 10.0 Å². The van der Waals surface area contributed by atoms with Gasteiger partial charge in [0.15, 0.2) is 0 Å². The highest BCUT2D eigenvalue weighted by molar-refractivity contribution is 7.92. The van der Waals surface area contributed by atoms with Gasteiger partial charge in [0.1, 0.15) is 0 Å². The molecule has 1 aliphatic rings. The van der Waals surface area contributed by atoms with E-state index in [4.69, 9.17) is 4.74 Å². The molecule has 1 N–H and O–H groups in total. The Morgan fingerprint density at radius 2 is 2.06 bits per heavy atom. The molecule has 1 heterocycles. The molecule has 4 nitrogen and oxygen atoms in total. The lowest BCUT2D eigenvalue weighted by atomic mass is 9.83. The van der Waals surface area contributed by atoms with Crippen molar-refractivity contribution in [2.45, 2.75) is 45.8 Å². The monoisotopic (exact) mass is 247 g/mol. The van der Waals surface area contributed by atoms with Gasteiger partial charge in [-0.2, -0.15) is 0 Å². The van der Waals surface area contributed by atoms with Crippen LogP contribution in [-0.2, 0) is 14.8 Å². The van der Waals surface area contributed by atoms with Crippen molar-refractivity contribution in [1.82, 2.24) is 4.72 Å². The van der Waals surface area contributed by atoms with Gasteiger partial charge in [0.25, 0.3) is 0 Å². The van der Waals surface area contributed by atoms with E-state index in [1.54, 1.807) is 0 Å². The minimum absolute atomic E-state index is 0.0400. The van der Waals surface area contributed by atoms with Crippen molar-refractivity contribution < 1.29 is 13.2 Å². The SMILES string of the molecule is C=CS(=O)(=O)NC1CCOC(C(C)(C)C)C1. The summed E-state index contributed by atoms with van der Waals surface area (Å²) in [6.45, 7) is 10.2. The van der Waals surface area contributed by atoms with Crippen molar-refractivity contribution in [2.24, 2.45) is 5.41 Å². The molecule has 0 bridgehead atoms. The van der Waals surface area contributed by atoms with E-state index in [2.05, 4.69) is 32.1 Å². The van der Waals surface area contributed by atoms with E-state index in [1.165, 1.54) is 0 Å². The Kier molecular flexibility index (Phi) is 4.15. The zero-order chi connectivity index (χ0) is 12.4. The quantitative estimate of drug-likeness (QED) is 0.825. The highest BCUT2D eigenvalue weighted by atomic mass is 32.2. The number of sulfonamides is 1. The predicted octanol–water partition coefficient (Wildman–Crippen LogP) is 1.64. The molecule has 1 aliphatic heterocycles. The van der Waals surface area contributed by atoms with Crippen LogP contribution in [0.3, 0.4) is 0 Å². The summed E-state index contributed by atoms with van der Waals surface area (Å²) >= 11 is 0. The second-order valence-corrected chi connectivity index (χ2v) is 6.94. The van der Waals surface area contributed by atoms with Crippen molar-refractivity contribution in [1.29, 1.82) is 0 Å². The molecule has 0 aromatic carbocycles. The fraction of sp³-hybridized carbons (Fsp3) is 0.818. The molecule has 94 valence electrons. The van der Waals surface area contributed by atoms with Gasteiger partial charge >= 0.3 is 0 Å². The second-order valence-electron chi connectivity index (χ2n) is 5.28. The molecular formula is C11H21NO3S. The maximum absolute atomic E-state index is 11.4. The summed E-state index contributed by atoms with van der Waals surface area (Å²) in [6.07, 6.45) is 1.54. The first-order chi connectivity index (χ1) is 7.24. The molecule has 2 atom stereocenters. The van der Waals surface area contributed by atoms with Crippen LogP contribution in [0.15, 0.2) is 12.0 Å². The Labute approximate surface area is 98.1 Å². The van der Waals surface area contributed by atoms with Crippen LogP contribution >= 0.6 is 0 Å². The zero-order valence-corrected chi connectivity index (χ0v) is 11.0. The Balaban J connectivity index is 2.62. The first kappa shape index (κ1) is 13.7. The van der Waals surface area contributed by atoms with Crippen LogP contribution in [0, 0.1) is 5.41 Å². The number of ether oxygens (including phenoxy) is 1. The van der Waals surface area contributed by atoms with E-state index in [0.29, 0.717) is 6.61 Å². The molecule has 5 heteroatoms. The third-order valence-electron chi connectivity index (χ3n) is 2.80. The minimum Gasteiger partial charge on any atom is -0.378 e. The molecular weight excluding hydrogens is 226 g/mol. The molecule has 0 saturated carbocycles. The van der Waals surface area contributed by atoms with E-state index in [9.17, 15) is 8.42 Å². The topological polar surface area (TPSA) is 55.4 Å². The van der Waals surface area contributed by atoms with Gasteiger partial charge < -0.3 is 4.74 Å². The molecule has 0 radical (unpaired) electrons. The van der Waals surface area contributed by atoms with Crippen molar-refractivity contribution in [3.05, 3.63) is 12.0 Å². The van der Waals surface area contributed by atoms with Gasteiger partial charge in [-0.05, 0) is 18.3 Å². The van der Waals surface area contributed by atoms with Gasteiger partial charge in [-0.1, -0.05) is 27.4 Å². The first-order valence-corrected chi connectivity index (χ1v) is 7.05. The van der Waals surface area contributed by atoms with E-state index in [0.717, 1.165) is 18.2 Å². The Bertz CT molecular complexity index is 343. The van der Waals surface area contributed by atoms with Crippen LogP contribution < -0.4 is 4.72 Å². The van der Waals surface area contributed by atoms with Crippen LogP contribution in [-0.4, -0.2) is 27.2 Å². The summed E-state index contributed by atoms with van der Waals surface area (Å²) in [6, 6.07) is -0.0408. The molecule has 0 aliphatic carbocycles. The third kappa shape index (κ3) is 3.88. The summed E-state index contributed by atoms with van der Waals surface area (Å²) in [7, 11) is -3.33. The Morgan fingerprint density at radius 1 is 1.44 bits per heavy atom. The van der Waals surface area contributed by atoms with Gasteiger partial charge in [-0.15, -0.1) is 0 Å². The van der Waals surface area contributed by atoms with Gasteiger partial charge in [0.05, 0.1) is 6.10 Å². The van der Waals surface area contributed by atoms with E-state index in [1.807, 2.05) is 0 Å². The molecule has 1 rings (SSSR count). The fourth-order valence-electron chi connectivity index (χ4n) is 1.79. The second kappa shape index (κ2) is 4.85. The highest BCUT2D eigenvalue weighted by Crippen LogP contribution is 2.29. The molecule has 1 fully saturated rings.